The van der Waals surface area contributed by atoms with Crippen LogP contribution in [-0.2, 0) is 6.73 Å². The number of ether oxygens (including phenoxy) is 2. The minimum absolute atomic E-state index is 0.211. The fraction of sp³-hybridized carbons (Fsp3) is 0.200. The predicted octanol–water partition coefficient (Wildman–Crippen LogP) is 3.80. The van der Waals surface area contributed by atoms with E-state index in [2.05, 4.69) is 10.4 Å². The van der Waals surface area contributed by atoms with Gasteiger partial charge in [0, 0.05) is 11.9 Å². The second-order valence-corrected chi connectivity index (χ2v) is 5.96. The van der Waals surface area contributed by atoms with Gasteiger partial charge in [-0.15, -0.1) is 0 Å². The maximum atomic E-state index is 12.4. The molecule has 134 valence electrons. The molecule has 2 aromatic carbocycles. The molecule has 0 aliphatic carbocycles. The molecule has 0 atom stereocenters. The first-order valence-electron chi connectivity index (χ1n) is 8.24. The van der Waals surface area contributed by atoms with E-state index in [1.165, 1.54) is 0 Å². The average molecular weight is 351 g/mol. The summed E-state index contributed by atoms with van der Waals surface area (Å²) in [6.07, 6.45) is 1.71. The third kappa shape index (κ3) is 4.22. The zero-order valence-corrected chi connectivity index (χ0v) is 15.0. The molecule has 0 spiro atoms. The number of hydrogen-bond donors (Lipinski definition) is 1. The van der Waals surface area contributed by atoms with Crippen LogP contribution in [0.15, 0.2) is 54.7 Å². The average Bonchev–Trinajstić information content (AvgIpc) is 3.12. The molecule has 3 aromatic rings. The number of methoxy groups -OCH3 is 1. The number of aryl methyl sites for hydroxylation is 2. The van der Waals surface area contributed by atoms with Gasteiger partial charge in [-0.1, -0.05) is 12.1 Å². The van der Waals surface area contributed by atoms with Crippen LogP contribution in [-0.4, -0.2) is 22.8 Å². The van der Waals surface area contributed by atoms with Crippen molar-refractivity contribution in [1.82, 2.24) is 9.78 Å². The van der Waals surface area contributed by atoms with Crippen LogP contribution in [0.5, 0.6) is 11.5 Å². The lowest BCUT2D eigenvalue weighted by molar-refractivity contribution is 0.102. The Morgan fingerprint density at radius 2 is 1.81 bits per heavy atom. The van der Waals surface area contributed by atoms with Crippen molar-refractivity contribution in [3.05, 3.63) is 71.5 Å². The highest BCUT2D eigenvalue weighted by Crippen LogP contribution is 2.18. The van der Waals surface area contributed by atoms with Crippen LogP contribution >= 0.6 is 0 Å². The zero-order chi connectivity index (χ0) is 18.5. The SMILES string of the molecule is COc1ccc(OCn2ccc(C(=O)Nc3cc(C)ccc3C)n2)cc1. The fourth-order valence-electron chi connectivity index (χ4n) is 2.42. The molecule has 0 bridgehead atoms. The number of anilines is 1. The van der Waals surface area contributed by atoms with Crippen molar-refractivity contribution in [3.63, 3.8) is 0 Å². The summed E-state index contributed by atoms with van der Waals surface area (Å²) in [6.45, 7) is 4.15. The predicted molar refractivity (Wildman–Crippen MR) is 99.7 cm³/mol. The van der Waals surface area contributed by atoms with Crippen molar-refractivity contribution in [3.8, 4) is 11.5 Å². The monoisotopic (exact) mass is 351 g/mol. The molecule has 6 heteroatoms. The van der Waals surface area contributed by atoms with E-state index in [-0.39, 0.29) is 12.6 Å². The molecule has 1 amide bonds. The third-order valence-electron chi connectivity index (χ3n) is 3.94. The Morgan fingerprint density at radius 3 is 2.54 bits per heavy atom. The summed E-state index contributed by atoms with van der Waals surface area (Å²) < 4.78 is 12.3. The van der Waals surface area contributed by atoms with Gasteiger partial charge in [0.2, 0.25) is 0 Å². The summed E-state index contributed by atoms with van der Waals surface area (Å²) in [5.41, 5.74) is 3.22. The molecular formula is C20H21N3O3. The summed E-state index contributed by atoms with van der Waals surface area (Å²) in [4.78, 5) is 12.4. The van der Waals surface area contributed by atoms with Crippen LogP contribution < -0.4 is 14.8 Å². The first-order valence-corrected chi connectivity index (χ1v) is 8.24. The van der Waals surface area contributed by atoms with Crippen LogP contribution in [0.25, 0.3) is 0 Å². The van der Waals surface area contributed by atoms with E-state index in [9.17, 15) is 4.79 Å². The van der Waals surface area contributed by atoms with Crippen molar-refractivity contribution in [2.45, 2.75) is 20.6 Å². The molecule has 6 nitrogen and oxygen atoms in total. The second kappa shape index (κ2) is 7.74. The number of hydrogen-bond acceptors (Lipinski definition) is 4. The Balaban J connectivity index is 1.61. The van der Waals surface area contributed by atoms with Crippen molar-refractivity contribution >= 4 is 11.6 Å². The topological polar surface area (TPSA) is 65.4 Å². The maximum Gasteiger partial charge on any atom is 0.276 e. The molecule has 0 radical (unpaired) electrons. The highest BCUT2D eigenvalue weighted by Gasteiger charge is 2.11. The summed E-state index contributed by atoms with van der Waals surface area (Å²) in [5.74, 6) is 1.21. The van der Waals surface area contributed by atoms with Crippen molar-refractivity contribution in [1.29, 1.82) is 0 Å². The standard InChI is InChI=1S/C20H21N3O3/c1-14-4-5-15(2)19(12-14)21-20(24)18-10-11-23(22-18)13-26-17-8-6-16(25-3)7-9-17/h4-12H,13H2,1-3H3,(H,21,24). The van der Waals surface area contributed by atoms with E-state index in [0.29, 0.717) is 11.4 Å². The van der Waals surface area contributed by atoms with Gasteiger partial charge in [0.05, 0.1) is 7.11 Å². The minimum atomic E-state index is -0.248. The van der Waals surface area contributed by atoms with Gasteiger partial charge in [0.25, 0.3) is 5.91 Å². The number of carbonyl (C=O) groups excluding carboxylic acids is 1. The highest BCUT2D eigenvalue weighted by molar-refractivity contribution is 6.03. The van der Waals surface area contributed by atoms with Crippen LogP contribution in [0.4, 0.5) is 5.69 Å². The van der Waals surface area contributed by atoms with Crippen LogP contribution in [0, 0.1) is 13.8 Å². The minimum Gasteiger partial charge on any atom is -0.497 e. The summed E-state index contributed by atoms with van der Waals surface area (Å²) in [5, 5.41) is 7.16. The molecular weight excluding hydrogens is 330 g/mol. The van der Waals surface area contributed by atoms with E-state index in [0.717, 1.165) is 22.6 Å². The molecule has 0 aliphatic rings. The van der Waals surface area contributed by atoms with Gasteiger partial charge in [0.1, 0.15) is 11.5 Å². The number of nitrogens with one attached hydrogen (secondary N) is 1. The lowest BCUT2D eigenvalue weighted by Gasteiger charge is -2.08. The Hall–Kier alpha value is -3.28. The van der Waals surface area contributed by atoms with E-state index in [4.69, 9.17) is 9.47 Å². The molecule has 1 N–H and O–H groups in total. The number of benzene rings is 2. The smallest absolute Gasteiger partial charge is 0.276 e. The molecule has 1 heterocycles. The van der Waals surface area contributed by atoms with Crippen molar-refractivity contribution in [2.24, 2.45) is 0 Å². The number of amides is 1. The first kappa shape index (κ1) is 17.5. The Morgan fingerprint density at radius 1 is 1.08 bits per heavy atom. The Bertz CT molecular complexity index is 901. The van der Waals surface area contributed by atoms with E-state index in [1.807, 2.05) is 56.3 Å². The molecule has 0 unspecified atom stereocenters. The lowest BCUT2D eigenvalue weighted by Crippen LogP contribution is -2.15. The van der Waals surface area contributed by atoms with Gasteiger partial charge in [-0.3, -0.25) is 4.79 Å². The summed E-state index contributed by atoms with van der Waals surface area (Å²) in [6, 6.07) is 14.9. The quantitative estimate of drug-likeness (QED) is 0.734. The molecule has 0 saturated carbocycles. The van der Waals surface area contributed by atoms with Crippen molar-refractivity contribution in [2.75, 3.05) is 12.4 Å². The summed E-state index contributed by atoms with van der Waals surface area (Å²) in [7, 11) is 1.62. The van der Waals surface area contributed by atoms with Gasteiger partial charge in [-0.25, -0.2) is 4.68 Å². The number of rotatable bonds is 6. The van der Waals surface area contributed by atoms with Gasteiger partial charge in [-0.05, 0) is 61.4 Å². The molecule has 0 fully saturated rings. The van der Waals surface area contributed by atoms with E-state index >= 15 is 0 Å². The van der Waals surface area contributed by atoms with Crippen LogP contribution in [0.2, 0.25) is 0 Å². The van der Waals surface area contributed by atoms with Crippen LogP contribution in [0.1, 0.15) is 21.6 Å². The number of aromatic nitrogens is 2. The van der Waals surface area contributed by atoms with Gasteiger partial charge in [0.15, 0.2) is 12.4 Å². The van der Waals surface area contributed by atoms with E-state index in [1.54, 1.807) is 24.1 Å². The third-order valence-corrected chi connectivity index (χ3v) is 3.94. The number of nitrogens with zero attached hydrogens (tertiary/aromatic N) is 2. The maximum absolute atomic E-state index is 12.4. The van der Waals surface area contributed by atoms with Gasteiger partial charge >= 0.3 is 0 Å². The highest BCUT2D eigenvalue weighted by atomic mass is 16.5. The summed E-state index contributed by atoms with van der Waals surface area (Å²) >= 11 is 0. The molecule has 0 aliphatic heterocycles. The van der Waals surface area contributed by atoms with Gasteiger partial charge < -0.3 is 14.8 Å². The van der Waals surface area contributed by atoms with Crippen LogP contribution in [0.3, 0.4) is 0 Å². The Labute approximate surface area is 152 Å². The molecule has 26 heavy (non-hydrogen) atoms. The molecule has 0 saturated heterocycles. The largest absolute Gasteiger partial charge is 0.497 e. The molecule has 1 aromatic heterocycles. The van der Waals surface area contributed by atoms with E-state index < -0.39 is 0 Å². The zero-order valence-electron chi connectivity index (χ0n) is 15.0. The fourth-order valence-corrected chi connectivity index (χ4v) is 2.42. The van der Waals surface area contributed by atoms with Gasteiger partial charge in [-0.2, -0.15) is 5.10 Å². The normalized spacial score (nSPS) is 10.4. The van der Waals surface area contributed by atoms with Crippen molar-refractivity contribution < 1.29 is 14.3 Å². The lowest BCUT2D eigenvalue weighted by atomic mass is 10.1. The second-order valence-electron chi connectivity index (χ2n) is 5.96. The molecule has 3 rings (SSSR count). The first-order chi connectivity index (χ1) is 12.5. The number of carbonyl (C=O) groups is 1. The Kier molecular flexibility index (Phi) is 5.22.